The minimum atomic E-state index is 0.128. The molecule has 1 aromatic heterocycles. The summed E-state index contributed by atoms with van der Waals surface area (Å²) in [5, 5.41) is 10.1. The van der Waals surface area contributed by atoms with E-state index < -0.39 is 0 Å². The maximum absolute atomic E-state index is 12.5. The Morgan fingerprint density at radius 3 is 2.73 bits per heavy atom. The number of hydrogen-bond donors (Lipinski definition) is 0. The van der Waals surface area contributed by atoms with Crippen LogP contribution in [0.2, 0.25) is 0 Å². The average Bonchev–Trinajstić information content (AvgIpc) is 2.78. The SMILES string of the molecule is CCCC(=O)N1CCN(c2nc(C3CCCCC3)c3c(c2C#N)CCOC3)CC1C. The molecule has 1 aromatic rings. The number of pyridine rings is 1. The predicted molar refractivity (Wildman–Crippen MR) is 116 cm³/mol. The van der Waals surface area contributed by atoms with Crippen LogP contribution in [0.3, 0.4) is 0 Å². The van der Waals surface area contributed by atoms with E-state index in [1.807, 2.05) is 11.8 Å². The zero-order chi connectivity index (χ0) is 21.1. The van der Waals surface area contributed by atoms with Gasteiger partial charge < -0.3 is 14.5 Å². The van der Waals surface area contributed by atoms with Crippen molar-refractivity contribution in [1.29, 1.82) is 5.26 Å². The second-order valence-corrected chi connectivity index (χ2v) is 9.03. The van der Waals surface area contributed by atoms with Crippen LogP contribution in [-0.4, -0.2) is 48.1 Å². The number of carbonyl (C=O) groups is 1. The van der Waals surface area contributed by atoms with Gasteiger partial charge in [-0.2, -0.15) is 5.26 Å². The first-order chi connectivity index (χ1) is 14.6. The quantitative estimate of drug-likeness (QED) is 0.753. The van der Waals surface area contributed by atoms with E-state index in [-0.39, 0.29) is 11.9 Å². The van der Waals surface area contributed by atoms with Gasteiger partial charge in [0.05, 0.1) is 24.5 Å². The summed E-state index contributed by atoms with van der Waals surface area (Å²) in [4.78, 5) is 21.9. The number of hydrogen-bond acceptors (Lipinski definition) is 5. The van der Waals surface area contributed by atoms with Gasteiger partial charge in [0.15, 0.2) is 0 Å². The Kier molecular flexibility index (Phi) is 6.58. The lowest BCUT2D eigenvalue weighted by Crippen LogP contribution is -2.54. The van der Waals surface area contributed by atoms with Crippen LogP contribution in [0.4, 0.5) is 5.82 Å². The molecule has 4 rings (SSSR count). The lowest BCUT2D eigenvalue weighted by Gasteiger charge is -2.41. The van der Waals surface area contributed by atoms with Gasteiger partial charge in [-0.05, 0) is 38.2 Å². The van der Waals surface area contributed by atoms with E-state index in [4.69, 9.17) is 9.72 Å². The Labute approximate surface area is 180 Å². The van der Waals surface area contributed by atoms with Gasteiger partial charge in [-0.25, -0.2) is 4.98 Å². The predicted octanol–water partition coefficient (Wildman–Crippen LogP) is 3.91. The molecule has 0 bridgehead atoms. The fraction of sp³-hybridized carbons (Fsp3) is 0.708. The van der Waals surface area contributed by atoms with Crippen molar-refractivity contribution in [3.8, 4) is 6.07 Å². The third kappa shape index (κ3) is 4.05. The first kappa shape index (κ1) is 21.1. The molecule has 6 heteroatoms. The van der Waals surface area contributed by atoms with Crippen molar-refractivity contribution in [2.24, 2.45) is 0 Å². The van der Waals surface area contributed by atoms with E-state index in [2.05, 4.69) is 17.9 Å². The fourth-order valence-corrected chi connectivity index (χ4v) is 5.40. The van der Waals surface area contributed by atoms with Gasteiger partial charge in [-0.1, -0.05) is 26.2 Å². The number of amides is 1. The van der Waals surface area contributed by atoms with Gasteiger partial charge in [-0.15, -0.1) is 0 Å². The molecule has 1 unspecified atom stereocenters. The number of anilines is 1. The maximum atomic E-state index is 12.5. The maximum Gasteiger partial charge on any atom is 0.222 e. The summed E-state index contributed by atoms with van der Waals surface area (Å²) in [5.74, 6) is 1.56. The summed E-state index contributed by atoms with van der Waals surface area (Å²) in [6.07, 6.45) is 8.46. The van der Waals surface area contributed by atoms with E-state index in [1.165, 1.54) is 43.4 Å². The topological polar surface area (TPSA) is 69.5 Å². The number of piperazine rings is 1. The zero-order valence-electron chi connectivity index (χ0n) is 18.5. The molecule has 1 saturated heterocycles. The largest absolute Gasteiger partial charge is 0.376 e. The molecular weight excluding hydrogens is 376 g/mol. The molecule has 6 nitrogen and oxygen atoms in total. The summed E-state index contributed by atoms with van der Waals surface area (Å²) >= 11 is 0. The molecule has 1 saturated carbocycles. The first-order valence-corrected chi connectivity index (χ1v) is 11.7. The van der Waals surface area contributed by atoms with Gasteiger partial charge >= 0.3 is 0 Å². The van der Waals surface area contributed by atoms with Crippen molar-refractivity contribution in [3.05, 3.63) is 22.4 Å². The van der Waals surface area contributed by atoms with Crippen LogP contribution in [0.15, 0.2) is 0 Å². The molecule has 1 atom stereocenters. The first-order valence-electron chi connectivity index (χ1n) is 11.7. The normalized spacial score (nSPS) is 22.5. The highest BCUT2D eigenvalue weighted by Crippen LogP contribution is 2.39. The molecule has 2 fully saturated rings. The molecule has 2 aliphatic heterocycles. The van der Waals surface area contributed by atoms with Crippen LogP contribution in [0.25, 0.3) is 0 Å². The van der Waals surface area contributed by atoms with Gasteiger partial charge in [0.1, 0.15) is 11.9 Å². The molecular formula is C24H34N4O2. The van der Waals surface area contributed by atoms with Crippen molar-refractivity contribution in [1.82, 2.24) is 9.88 Å². The number of rotatable bonds is 4. The van der Waals surface area contributed by atoms with Crippen LogP contribution < -0.4 is 4.90 Å². The second-order valence-electron chi connectivity index (χ2n) is 9.03. The Morgan fingerprint density at radius 1 is 1.23 bits per heavy atom. The number of nitriles is 1. The molecule has 30 heavy (non-hydrogen) atoms. The van der Waals surface area contributed by atoms with Gasteiger partial charge in [0, 0.05) is 43.6 Å². The Balaban J connectivity index is 1.67. The smallest absolute Gasteiger partial charge is 0.222 e. The molecule has 3 aliphatic rings. The summed E-state index contributed by atoms with van der Waals surface area (Å²) in [7, 11) is 0. The minimum absolute atomic E-state index is 0.128. The van der Waals surface area contributed by atoms with Crippen molar-refractivity contribution < 1.29 is 9.53 Å². The van der Waals surface area contributed by atoms with Gasteiger partial charge in [0.2, 0.25) is 5.91 Å². The highest BCUT2D eigenvalue weighted by atomic mass is 16.5. The van der Waals surface area contributed by atoms with Gasteiger partial charge in [-0.3, -0.25) is 4.79 Å². The number of fused-ring (bicyclic) bond motifs is 1. The molecule has 0 spiro atoms. The third-order valence-corrected chi connectivity index (χ3v) is 6.98. The molecule has 3 heterocycles. The van der Waals surface area contributed by atoms with E-state index in [0.29, 0.717) is 32.1 Å². The standard InChI is InChI=1S/C24H34N4O2/c1-3-7-22(29)28-12-11-27(15-17(28)2)24-20(14-25)19-10-13-30-16-21(19)23(26-24)18-8-5-4-6-9-18/h17-18H,3-13,15-16H2,1-2H3. The highest BCUT2D eigenvalue weighted by Gasteiger charge is 2.33. The van der Waals surface area contributed by atoms with Crippen LogP contribution in [0, 0.1) is 11.3 Å². The molecule has 1 amide bonds. The van der Waals surface area contributed by atoms with Crippen LogP contribution >= 0.6 is 0 Å². The highest BCUT2D eigenvalue weighted by molar-refractivity contribution is 5.77. The summed E-state index contributed by atoms with van der Waals surface area (Å²) in [6, 6.07) is 2.61. The summed E-state index contributed by atoms with van der Waals surface area (Å²) in [6.45, 7) is 7.58. The van der Waals surface area contributed by atoms with E-state index in [0.717, 1.165) is 42.9 Å². The molecule has 0 N–H and O–H groups in total. The Hall–Kier alpha value is -2.13. The van der Waals surface area contributed by atoms with Gasteiger partial charge in [0.25, 0.3) is 0 Å². The molecule has 0 aromatic carbocycles. The van der Waals surface area contributed by atoms with Crippen molar-refractivity contribution in [2.75, 3.05) is 31.1 Å². The molecule has 0 radical (unpaired) electrons. The fourth-order valence-electron chi connectivity index (χ4n) is 5.40. The summed E-state index contributed by atoms with van der Waals surface area (Å²) in [5.41, 5.74) is 4.24. The monoisotopic (exact) mass is 410 g/mol. The lowest BCUT2D eigenvalue weighted by atomic mass is 9.82. The van der Waals surface area contributed by atoms with E-state index in [9.17, 15) is 10.1 Å². The molecule has 162 valence electrons. The number of aromatic nitrogens is 1. The minimum Gasteiger partial charge on any atom is -0.376 e. The third-order valence-electron chi connectivity index (χ3n) is 6.98. The Bertz CT molecular complexity index is 825. The van der Waals surface area contributed by atoms with E-state index in [1.54, 1.807) is 0 Å². The van der Waals surface area contributed by atoms with Crippen LogP contribution in [0.1, 0.15) is 87.1 Å². The molecule has 1 aliphatic carbocycles. The second kappa shape index (κ2) is 9.34. The average molecular weight is 411 g/mol. The zero-order valence-corrected chi connectivity index (χ0v) is 18.5. The lowest BCUT2D eigenvalue weighted by molar-refractivity contribution is -0.133. The van der Waals surface area contributed by atoms with Crippen molar-refractivity contribution in [2.45, 2.75) is 83.8 Å². The number of nitrogens with zero attached hydrogens (tertiary/aromatic N) is 4. The number of ether oxygens (including phenoxy) is 1. The number of carbonyl (C=O) groups excluding carboxylic acids is 1. The Morgan fingerprint density at radius 2 is 2.03 bits per heavy atom. The van der Waals surface area contributed by atoms with Crippen molar-refractivity contribution >= 4 is 11.7 Å². The van der Waals surface area contributed by atoms with Crippen LogP contribution in [0.5, 0.6) is 0 Å². The van der Waals surface area contributed by atoms with Crippen LogP contribution in [-0.2, 0) is 22.6 Å². The van der Waals surface area contributed by atoms with E-state index >= 15 is 0 Å². The summed E-state index contributed by atoms with van der Waals surface area (Å²) < 4.78 is 5.79. The van der Waals surface area contributed by atoms with Crippen molar-refractivity contribution in [3.63, 3.8) is 0 Å².